The first-order valence-corrected chi connectivity index (χ1v) is 10.0. The molecule has 1 aliphatic carbocycles. The van der Waals surface area contributed by atoms with Gasteiger partial charge in [0.15, 0.2) is 0 Å². The van der Waals surface area contributed by atoms with E-state index in [0.717, 1.165) is 6.42 Å². The zero-order chi connectivity index (χ0) is 20.9. The van der Waals surface area contributed by atoms with E-state index in [-0.39, 0.29) is 57.4 Å². The first kappa shape index (κ1) is 32.0. The fraction of sp³-hybridized carbons (Fsp3) is 0.321. The summed E-state index contributed by atoms with van der Waals surface area (Å²) in [6.07, 6.45) is 1.03. The van der Waals surface area contributed by atoms with E-state index in [0.29, 0.717) is 0 Å². The smallest absolute Gasteiger partial charge is 1.00 e. The molecular weight excluding hydrogens is 455 g/mol. The quantitative estimate of drug-likeness (QED) is 0.201. The Morgan fingerprint density at radius 1 is 0.806 bits per heavy atom. The van der Waals surface area contributed by atoms with Gasteiger partial charge in [-0.3, -0.25) is 0 Å². The van der Waals surface area contributed by atoms with Crippen LogP contribution in [0.2, 0.25) is 0 Å². The van der Waals surface area contributed by atoms with Crippen LogP contribution in [0.5, 0.6) is 0 Å². The fourth-order valence-corrected chi connectivity index (χ4v) is 3.35. The molecule has 3 heteroatoms. The molecule has 0 aromatic heterocycles. The minimum absolute atomic E-state index is 0. The second-order valence-electron chi connectivity index (χ2n) is 9.28. The SMILES string of the molecule is C=C.CC(C)(C)c1[c-]c2c(cc1)-c1ccc(C(C)(C)C)cc1C2.[Cl-].[Cl-].[Ti+4].c1cc[cH-]c1. The predicted octanol–water partition coefficient (Wildman–Crippen LogP) is 1.87. The third-order valence-corrected chi connectivity index (χ3v) is 5.02. The summed E-state index contributed by atoms with van der Waals surface area (Å²) >= 11 is 0. The van der Waals surface area contributed by atoms with Gasteiger partial charge >= 0.3 is 21.7 Å². The van der Waals surface area contributed by atoms with Crippen LogP contribution >= 0.6 is 0 Å². The van der Waals surface area contributed by atoms with Crippen LogP contribution in [-0.2, 0) is 39.0 Å². The molecule has 164 valence electrons. The Morgan fingerprint density at radius 2 is 1.35 bits per heavy atom. The molecule has 0 saturated carbocycles. The van der Waals surface area contributed by atoms with Gasteiger partial charge in [-0.15, -0.1) is 24.3 Å². The molecule has 4 rings (SSSR count). The van der Waals surface area contributed by atoms with Crippen LogP contribution in [0.15, 0.2) is 73.8 Å². The van der Waals surface area contributed by atoms with Crippen molar-refractivity contribution in [3.8, 4) is 11.1 Å². The minimum Gasteiger partial charge on any atom is -1.00 e. The van der Waals surface area contributed by atoms with Crippen molar-refractivity contribution in [2.75, 3.05) is 0 Å². The van der Waals surface area contributed by atoms with Gasteiger partial charge in [-0.25, -0.2) is 12.1 Å². The van der Waals surface area contributed by atoms with E-state index in [9.17, 15) is 0 Å². The van der Waals surface area contributed by atoms with Crippen molar-refractivity contribution in [3.05, 3.63) is 102 Å². The minimum atomic E-state index is 0. The summed E-state index contributed by atoms with van der Waals surface area (Å²) in [4.78, 5) is 0. The van der Waals surface area contributed by atoms with E-state index in [2.05, 4.69) is 91.1 Å². The summed E-state index contributed by atoms with van der Waals surface area (Å²) in [5, 5.41) is 0. The number of hydrogen-bond acceptors (Lipinski definition) is 0. The van der Waals surface area contributed by atoms with Crippen molar-refractivity contribution >= 4 is 0 Å². The first-order valence-electron chi connectivity index (χ1n) is 10.0. The summed E-state index contributed by atoms with van der Waals surface area (Å²) in [5.74, 6) is 0. The molecule has 1 aliphatic rings. The van der Waals surface area contributed by atoms with Crippen LogP contribution in [0.25, 0.3) is 11.1 Å². The van der Waals surface area contributed by atoms with Gasteiger partial charge < -0.3 is 24.8 Å². The predicted molar refractivity (Wildman–Crippen MR) is 124 cm³/mol. The van der Waals surface area contributed by atoms with Crippen molar-refractivity contribution in [1.82, 2.24) is 0 Å². The van der Waals surface area contributed by atoms with Gasteiger partial charge in [-0.05, 0) is 28.4 Å². The van der Waals surface area contributed by atoms with Crippen LogP contribution in [-0.4, -0.2) is 0 Å². The Hall–Kier alpha value is -1.18. The zero-order valence-electron chi connectivity index (χ0n) is 19.7. The largest absolute Gasteiger partial charge is 4.00 e. The molecule has 3 aromatic rings. The van der Waals surface area contributed by atoms with E-state index >= 15 is 0 Å². The second kappa shape index (κ2) is 13.4. The molecule has 0 saturated heterocycles. The molecular formula is C28H34Cl2Ti. The van der Waals surface area contributed by atoms with E-state index in [1.165, 1.54) is 33.4 Å². The fourth-order valence-electron chi connectivity index (χ4n) is 3.35. The van der Waals surface area contributed by atoms with Gasteiger partial charge in [0.25, 0.3) is 0 Å². The average Bonchev–Trinajstić information content (AvgIpc) is 3.32. The first-order chi connectivity index (χ1) is 13.2. The third-order valence-electron chi connectivity index (χ3n) is 5.02. The third kappa shape index (κ3) is 8.35. The van der Waals surface area contributed by atoms with Crippen LogP contribution < -0.4 is 24.8 Å². The summed E-state index contributed by atoms with van der Waals surface area (Å²) in [5.41, 5.74) is 8.70. The summed E-state index contributed by atoms with van der Waals surface area (Å²) < 4.78 is 0. The normalized spacial score (nSPS) is 10.9. The molecule has 0 unspecified atom stereocenters. The number of fused-ring (bicyclic) bond motifs is 3. The van der Waals surface area contributed by atoms with Crippen molar-refractivity contribution in [3.63, 3.8) is 0 Å². The maximum atomic E-state index is 3.67. The summed E-state index contributed by atoms with van der Waals surface area (Å²) in [6, 6.07) is 25.2. The van der Waals surface area contributed by atoms with Gasteiger partial charge in [0.05, 0.1) is 0 Å². The molecule has 0 nitrogen and oxygen atoms in total. The molecule has 0 bridgehead atoms. The van der Waals surface area contributed by atoms with Gasteiger partial charge in [0.1, 0.15) is 0 Å². The number of rotatable bonds is 0. The Kier molecular flexibility index (Phi) is 13.8. The van der Waals surface area contributed by atoms with Crippen LogP contribution in [0.1, 0.15) is 63.8 Å². The molecule has 31 heavy (non-hydrogen) atoms. The standard InChI is InChI=1S/C21H25.C5H5.C2H4.2ClH.Ti/c1-20(2,3)16-7-9-18-14(12-16)11-15-13-17(21(4,5)6)8-10-19(15)18;1-2-4-5-3-1;1-2;;;/h7-10,12H,11H2,1-6H3;1-5H;1-2H2;2*1H;/q2*-1;;;;+4/p-2. The van der Waals surface area contributed by atoms with Crippen molar-refractivity contribution in [1.29, 1.82) is 0 Å². The maximum absolute atomic E-state index is 3.67. The molecule has 3 aromatic carbocycles. The topological polar surface area (TPSA) is 0 Å². The molecule has 0 aliphatic heterocycles. The van der Waals surface area contributed by atoms with Gasteiger partial charge in [0.2, 0.25) is 0 Å². The zero-order valence-corrected chi connectivity index (χ0v) is 22.7. The molecule has 0 amide bonds. The van der Waals surface area contributed by atoms with Crippen LogP contribution in [0.3, 0.4) is 0 Å². The van der Waals surface area contributed by atoms with Crippen molar-refractivity contribution < 1.29 is 46.5 Å². The maximum Gasteiger partial charge on any atom is 4.00 e. The van der Waals surface area contributed by atoms with Gasteiger partial charge in [0, 0.05) is 0 Å². The molecule has 0 heterocycles. The van der Waals surface area contributed by atoms with E-state index in [1.54, 1.807) is 0 Å². The summed E-state index contributed by atoms with van der Waals surface area (Å²) in [7, 11) is 0. The van der Waals surface area contributed by atoms with Crippen LogP contribution in [0, 0.1) is 6.07 Å². The van der Waals surface area contributed by atoms with E-state index in [1.807, 2.05) is 30.3 Å². The van der Waals surface area contributed by atoms with Crippen molar-refractivity contribution in [2.24, 2.45) is 0 Å². The second-order valence-corrected chi connectivity index (χ2v) is 9.28. The van der Waals surface area contributed by atoms with Crippen molar-refractivity contribution in [2.45, 2.75) is 58.8 Å². The molecule has 0 spiro atoms. The number of halogens is 2. The van der Waals surface area contributed by atoms with E-state index < -0.39 is 0 Å². The van der Waals surface area contributed by atoms with Gasteiger partial charge in [-0.2, -0.15) is 42.0 Å². The number of benzene rings is 2. The monoisotopic (exact) mass is 488 g/mol. The average molecular weight is 489 g/mol. The van der Waals surface area contributed by atoms with Gasteiger partial charge in [-0.1, -0.05) is 65.3 Å². The Balaban J connectivity index is 0. The molecule has 0 N–H and O–H groups in total. The van der Waals surface area contributed by atoms with Crippen LogP contribution in [0.4, 0.5) is 0 Å². The molecule has 0 fully saturated rings. The molecule has 0 atom stereocenters. The Labute approximate surface area is 217 Å². The Morgan fingerprint density at radius 3 is 1.81 bits per heavy atom. The van der Waals surface area contributed by atoms with E-state index in [4.69, 9.17) is 0 Å². The number of hydrogen-bond donors (Lipinski definition) is 0. The Bertz CT molecular complexity index is 819. The molecule has 0 radical (unpaired) electrons. The summed E-state index contributed by atoms with van der Waals surface area (Å²) in [6.45, 7) is 19.6.